The topological polar surface area (TPSA) is 96.9 Å². The van der Waals surface area contributed by atoms with Crippen molar-refractivity contribution in [2.75, 3.05) is 38.2 Å². The van der Waals surface area contributed by atoms with Gasteiger partial charge in [-0.05, 0) is 43.7 Å². The number of amides is 1. The monoisotopic (exact) mass is 403 g/mol. The van der Waals surface area contributed by atoms with Crippen LogP contribution in [-0.2, 0) is 17.9 Å². The lowest BCUT2D eigenvalue weighted by molar-refractivity contribution is -0.0164. The largest absolute Gasteiger partial charge is 0.453 e. The van der Waals surface area contributed by atoms with E-state index < -0.39 is 6.10 Å². The van der Waals surface area contributed by atoms with E-state index in [1.165, 1.54) is 0 Å². The van der Waals surface area contributed by atoms with E-state index in [1.54, 1.807) is 30.5 Å². The van der Waals surface area contributed by atoms with Gasteiger partial charge in [0.1, 0.15) is 18.7 Å². The molecule has 158 valence electrons. The summed E-state index contributed by atoms with van der Waals surface area (Å²) >= 11 is 0. The highest BCUT2D eigenvalue weighted by molar-refractivity contribution is 5.91. The number of methoxy groups -OCH3 is 1. The van der Waals surface area contributed by atoms with Crippen LogP contribution in [-0.4, -0.2) is 70.1 Å². The van der Waals surface area contributed by atoms with Crippen molar-refractivity contribution < 1.29 is 19.1 Å². The molecule has 1 N–H and O–H groups in total. The molecule has 0 bridgehead atoms. The van der Waals surface area contributed by atoms with Gasteiger partial charge in [0, 0.05) is 39.8 Å². The zero-order chi connectivity index (χ0) is 20.4. The summed E-state index contributed by atoms with van der Waals surface area (Å²) in [6.07, 6.45) is 3.59. The number of hydrogen-bond donors (Lipinski definition) is 1. The molecular weight excluding hydrogens is 374 g/mol. The van der Waals surface area contributed by atoms with Gasteiger partial charge in [-0.2, -0.15) is 10.1 Å². The number of β-amino-alcohol motifs (C(OH)–C–C–N with tert-alkyl or cyclic N) is 1. The Hall–Kier alpha value is -2.39. The van der Waals surface area contributed by atoms with Crippen LogP contribution < -0.4 is 4.90 Å². The van der Waals surface area contributed by atoms with Gasteiger partial charge in [0.15, 0.2) is 5.76 Å². The van der Waals surface area contributed by atoms with Gasteiger partial charge in [0.25, 0.3) is 5.91 Å². The number of aliphatic hydroxyl groups is 1. The molecule has 0 aromatic carbocycles. The Morgan fingerprint density at radius 1 is 1.38 bits per heavy atom. The molecule has 29 heavy (non-hydrogen) atoms. The molecule has 1 atom stereocenters. The van der Waals surface area contributed by atoms with Crippen LogP contribution >= 0.6 is 0 Å². The number of likely N-dealkylation sites (tertiary alicyclic amines) is 1. The van der Waals surface area contributed by atoms with Crippen molar-refractivity contribution in [1.29, 1.82) is 0 Å². The SMILES string of the molecule is CCn1ncnc1N1CCC2(CC1)CC(O)CN(C(=O)c1ccc(COC)o1)C2. The third-order valence-electron chi connectivity index (χ3n) is 6.07. The maximum atomic E-state index is 13.0. The van der Waals surface area contributed by atoms with Crippen molar-refractivity contribution in [3.05, 3.63) is 30.0 Å². The summed E-state index contributed by atoms with van der Waals surface area (Å²) in [7, 11) is 1.59. The maximum Gasteiger partial charge on any atom is 0.289 e. The molecule has 2 saturated heterocycles. The van der Waals surface area contributed by atoms with Crippen LogP contribution in [0.1, 0.15) is 42.5 Å². The molecule has 0 saturated carbocycles. The van der Waals surface area contributed by atoms with Crippen LogP contribution in [0.3, 0.4) is 0 Å². The van der Waals surface area contributed by atoms with Gasteiger partial charge >= 0.3 is 0 Å². The molecule has 4 rings (SSSR count). The fourth-order valence-corrected chi connectivity index (χ4v) is 4.65. The molecule has 9 nitrogen and oxygen atoms in total. The highest BCUT2D eigenvalue weighted by atomic mass is 16.5. The molecule has 1 amide bonds. The zero-order valence-corrected chi connectivity index (χ0v) is 17.1. The number of furan rings is 1. The lowest BCUT2D eigenvalue weighted by Gasteiger charge is -2.49. The van der Waals surface area contributed by atoms with Crippen molar-refractivity contribution in [3.63, 3.8) is 0 Å². The highest BCUT2D eigenvalue weighted by Crippen LogP contribution is 2.41. The third kappa shape index (κ3) is 4.02. The summed E-state index contributed by atoms with van der Waals surface area (Å²) < 4.78 is 12.6. The summed E-state index contributed by atoms with van der Waals surface area (Å²) in [5, 5.41) is 14.8. The zero-order valence-electron chi connectivity index (χ0n) is 17.1. The molecule has 1 spiro atoms. The maximum absolute atomic E-state index is 13.0. The number of ether oxygens (including phenoxy) is 1. The molecular formula is C20H29N5O4. The minimum atomic E-state index is -0.521. The van der Waals surface area contributed by atoms with Crippen LogP contribution in [0.4, 0.5) is 5.95 Å². The number of aliphatic hydroxyl groups excluding tert-OH is 1. The van der Waals surface area contributed by atoms with Crippen LogP contribution in [0.5, 0.6) is 0 Å². The third-order valence-corrected chi connectivity index (χ3v) is 6.07. The Morgan fingerprint density at radius 2 is 2.17 bits per heavy atom. The van der Waals surface area contributed by atoms with E-state index in [0.29, 0.717) is 31.2 Å². The Labute approximate surface area is 170 Å². The number of hydrogen-bond acceptors (Lipinski definition) is 7. The minimum Gasteiger partial charge on any atom is -0.453 e. The summed E-state index contributed by atoms with van der Waals surface area (Å²) in [4.78, 5) is 21.4. The molecule has 0 radical (unpaired) electrons. The predicted octanol–water partition coefficient (Wildman–Crippen LogP) is 1.53. The van der Waals surface area contributed by atoms with Gasteiger partial charge in [-0.25, -0.2) is 4.68 Å². The smallest absolute Gasteiger partial charge is 0.289 e. The Bertz CT molecular complexity index is 840. The van der Waals surface area contributed by atoms with E-state index in [4.69, 9.17) is 9.15 Å². The second kappa shape index (κ2) is 8.16. The molecule has 9 heteroatoms. The lowest BCUT2D eigenvalue weighted by atomic mass is 9.71. The number of nitrogens with zero attached hydrogens (tertiary/aromatic N) is 5. The average molecular weight is 403 g/mol. The molecule has 4 heterocycles. The number of aryl methyl sites for hydroxylation is 1. The second-order valence-corrected chi connectivity index (χ2v) is 8.11. The minimum absolute atomic E-state index is 0.0805. The Morgan fingerprint density at radius 3 is 2.90 bits per heavy atom. The van der Waals surface area contributed by atoms with Crippen LogP contribution in [0.2, 0.25) is 0 Å². The normalized spacial score (nSPS) is 21.7. The summed E-state index contributed by atoms with van der Waals surface area (Å²) in [6, 6.07) is 3.44. The van der Waals surface area contributed by atoms with E-state index in [2.05, 4.69) is 21.9 Å². The molecule has 2 aromatic rings. The standard InChI is InChI=1S/C20H29N5O4/c1-3-25-19(21-14-22-25)23-8-6-20(7-9-23)10-15(26)11-24(13-20)18(27)17-5-4-16(29-17)12-28-2/h4-5,14-15,26H,3,6-13H2,1-2H3. The second-order valence-electron chi connectivity index (χ2n) is 8.11. The van der Waals surface area contributed by atoms with Crippen molar-refractivity contribution in [1.82, 2.24) is 19.7 Å². The molecule has 2 aliphatic heterocycles. The van der Waals surface area contributed by atoms with Crippen molar-refractivity contribution >= 4 is 11.9 Å². The molecule has 2 aromatic heterocycles. The van der Waals surface area contributed by atoms with Crippen molar-refractivity contribution in [2.45, 2.75) is 45.4 Å². The molecule has 1 unspecified atom stereocenters. The Kier molecular flexibility index (Phi) is 5.60. The van der Waals surface area contributed by atoms with Crippen LogP contribution in [0.25, 0.3) is 0 Å². The van der Waals surface area contributed by atoms with Gasteiger partial charge in [-0.3, -0.25) is 4.79 Å². The summed E-state index contributed by atoms with van der Waals surface area (Å²) in [5.41, 5.74) is -0.0805. The number of carbonyl (C=O) groups excluding carboxylic acids is 1. The van der Waals surface area contributed by atoms with E-state index >= 15 is 0 Å². The van der Waals surface area contributed by atoms with Gasteiger partial charge in [-0.1, -0.05) is 0 Å². The van der Waals surface area contributed by atoms with Gasteiger partial charge in [0.05, 0.1) is 6.10 Å². The first-order valence-corrected chi connectivity index (χ1v) is 10.2. The quantitative estimate of drug-likeness (QED) is 0.809. The number of carbonyl (C=O) groups is 1. The van der Waals surface area contributed by atoms with Gasteiger partial charge in [-0.15, -0.1) is 0 Å². The van der Waals surface area contributed by atoms with E-state index in [-0.39, 0.29) is 11.3 Å². The van der Waals surface area contributed by atoms with Crippen LogP contribution in [0, 0.1) is 5.41 Å². The fourth-order valence-electron chi connectivity index (χ4n) is 4.65. The number of aromatic nitrogens is 3. The van der Waals surface area contributed by atoms with Crippen LogP contribution in [0.15, 0.2) is 22.9 Å². The van der Waals surface area contributed by atoms with Crippen molar-refractivity contribution in [3.8, 4) is 0 Å². The number of rotatable bonds is 5. The summed E-state index contributed by atoms with van der Waals surface area (Å²) in [5.74, 6) is 1.65. The van der Waals surface area contributed by atoms with Crippen molar-refractivity contribution in [2.24, 2.45) is 5.41 Å². The predicted molar refractivity (Wildman–Crippen MR) is 106 cm³/mol. The Balaban J connectivity index is 1.44. The number of piperidine rings is 2. The number of anilines is 1. The lowest BCUT2D eigenvalue weighted by Crippen LogP contribution is -2.55. The van der Waals surface area contributed by atoms with E-state index in [9.17, 15) is 9.90 Å². The molecule has 2 fully saturated rings. The first-order chi connectivity index (χ1) is 14.0. The van der Waals surface area contributed by atoms with Gasteiger partial charge in [0.2, 0.25) is 5.95 Å². The van der Waals surface area contributed by atoms with E-state index in [1.807, 2.05) is 4.68 Å². The molecule has 0 aliphatic carbocycles. The average Bonchev–Trinajstić information content (AvgIpc) is 3.37. The summed E-state index contributed by atoms with van der Waals surface area (Å²) in [6.45, 7) is 5.83. The van der Waals surface area contributed by atoms with Gasteiger partial charge < -0.3 is 24.1 Å². The first kappa shape index (κ1) is 19.9. The van der Waals surface area contributed by atoms with E-state index in [0.717, 1.165) is 44.8 Å². The molecule has 2 aliphatic rings. The first-order valence-electron chi connectivity index (χ1n) is 10.2. The fraction of sp³-hybridized carbons (Fsp3) is 0.650. The highest BCUT2D eigenvalue weighted by Gasteiger charge is 2.43.